The molecule has 0 spiro atoms. The zero-order valence-corrected chi connectivity index (χ0v) is 15.4. The van der Waals surface area contributed by atoms with Crippen molar-refractivity contribution < 1.29 is 14.0 Å². The summed E-state index contributed by atoms with van der Waals surface area (Å²) in [6.45, 7) is 0. The first-order chi connectivity index (χ1) is 14.2. The van der Waals surface area contributed by atoms with Gasteiger partial charge in [0.15, 0.2) is 5.76 Å². The molecule has 2 amide bonds. The normalized spacial score (nSPS) is 10.5. The number of hydrogen-bond donors (Lipinski definition) is 2. The van der Waals surface area contributed by atoms with E-state index in [4.69, 9.17) is 4.42 Å². The highest BCUT2D eigenvalue weighted by atomic mass is 16.3. The van der Waals surface area contributed by atoms with Gasteiger partial charge >= 0.3 is 0 Å². The summed E-state index contributed by atoms with van der Waals surface area (Å²) in [5.74, 6) is -0.245. The highest BCUT2D eigenvalue weighted by Gasteiger charge is 2.10. The van der Waals surface area contributed by atoms with Crippen LogP contribution in [0, 0.1) is 0 Å². The Morgan fingerprint density at radius 3 is 2.31 bits per heavy atom. The standard InChI is InChI=1S/C22H18N4O3/c27-21(13-16-14-23-26(15-16)19-5-2-1-3-6-19)24-17-8-10-18(11-9-17)25-22(28)20-7-4-12-29-20/h1-12,14-15H,13H2,(H,24,27)(H,25,28). The number of carbonyl (C=O) groups excluding carboxylic acids is 2. The highest BCUT2D eigenvalue weighted by molar-refractivity contribution is 6.02. The van der Waals surface area contributed by atoms with Gasteiger partial charge in [-0.3, -0.25) is 9.59 Å². The predicted octanol–water partition coefficient (Wildman–Crippen LogP) is 3.90. The molecular formula is C22H18N4O3. The fraction of sp³-hybridized carbons (Fsp3) is 0.0455. The Balaban J connectivity index is 1.33. The number of nitrogens with one attached hydrogen (secondary N) is 2. The smallest absolute Gasteiger partial charge is 0.291 e. The van der Waals surface area contributed by atoms with Crippen molar-refractivity contribution in [2.45, 2.75) is 6.42 Å². The largest absolute Gasteiger partial charge is 0.459 e. The molecule has 0 aliphatic carbocycles. The van der Waals surface area contributed by atoms with Crippen LogP contribution < -0.4 is 10.6 Å². The summed E-state index contributed by atoms with van der Waals surface area (Å²) in [6, 6.07) is 19.8. The number of hydrogen-bond acceptors (Lipinski definition) is 4. The van der Waals surface area contributed by atoms with Crippen molar-refractivity contribution in [2.24, 2.45) is 0 Å². The maximum atomic E-state index is 12.3. The number of furan rings is 1. The number of para-hydroxylation sites is 1. The lowest BCUT2D eigenvalue weighted by Gasteiger charge is -2.07. The maximum Gasteiger partial charge on any atom is 0.291 e. The topological polar surface area (TPSA) is 89.2 Å². The summed E-state index contributed by atoms with van der Waals surface area (Å²) < 4.78 is 6.79. The van der Waals surface area contributed by atoms with Crippen molar-refractivity contribution >= 4 is 23.2 Å². The lowest BCUT2D eigenvalue weighted by Crippen LogP contribution is -2.14. The number of benzene rings is 2. The lowest BCUT2D eigenvalue weighted by molar-refractivity contribution is -0.115. The Kier molecular flexibility index (Phi) is 5.20. The third-order valence-electron chi connectivity index (χ3n) is 4.19. The molecule has 7 heteroatoms. The Bertz CT molecular complexity index is 1100. The summed E-state index contributed by atoms with van der Waals surface area (Å²) in [5, 5.41) is 9.86. The second kappa shape index (κ2) is 8.26. The van der Waals surface area contributed by atoms with Crippen LogP contribution >= 0.6 is 0 Å². The molecule has 2 aromatic heterocycles. The van der Waals surface area contributed by atoms with Gasteiger partial charge in [-0.25, -0.2) is 4.68 Å². The number of nitrogens with zero attached hydrogens (tertiary/aromatic N) is 2. The zero-order valence-electron chi connectivity index (χ0n) is 15.4. The van der Waals surface area contributed by atoms with Crippen LogP contribution in [0.3, 0.4) is 0 Å². The van der Waals surface area contributed by atoms with Crippen molar-refractivity contribution in [3.05, 3.63) is 96.7 Å². The first-order valence-electron chi connectivity index (χ1n) is 9.01. The summed E-state index contributed by atoms with van der Waals surface area (Å²) in [4.78, 5) is 24.3. The molecule has 2 N–H and O–H groups in total. The number of aromatic nitrogens is 2. The Morgan fingerprint density at radius 1 is 0.897 bits per heavy atom. The van der Waals surface area contributed by atoms with Gasteiger partial charge in [0.25, 0.3) is 5.91 Å². The molecule has 0 saturated heterocycles. The molecule has 2 aromatic carbocycles. The molecule has 0 atom stereocenters. The van der Waals surface area contributed by atoms with Gasteiger partial charge in [0, 0.05) is 17.6 Å². The summed E-state index contributed by atoms with van der Waals surface area (Å²) in [7, 11) is 0. The second-order valence-corrected chi connectivity index (χ2v) is 6.36. The van der Waals surface area contributed by atoms with Crippen molar-refractivity contribution in [2.75, 3.05) is 10.6 Å². The van der Waals surface area contributed by atoms with Crippen LogP contribution in [0.1, 0.15) is 16.1 Å². The molecule has 4 aromatic rings. The fourth-order valence-corrected chi connectivity index (χ4v) is 2.80. The van der Waals surface area contributed by atoms with E-state index in [-0.39, 0.29) is 24.0 Å². The van der Waals surface area contributed by atoms with Crippen LogP contribution in [0.4, 0.5) is 11.4 Å². The Labute approximate surface area is 167 Å². The molecule has 0 unspecified atom stereocenters. The van der Waals surface area contributed by atoms with E-state index in [0.717, 1.165) is 11.3 Å². The zero-order chi connectivity index (χ0) is 20.1. The van der Waals surface area contributed by atoms with Crippen molar-refractivity contribution in [1.29, 1.82) is 0 Å². The number of amides is 2. The summed E-state index contributed by atoms with van der Waals surface area (Å²) in [6.07, 6.45) is 5.17. The van der Waals surface area contributed by atoms with E-state index in [1.807, 2.05) is 36.5 Å². The molecule has 4 rings (SSSR count). The third kappa shape index (κ3) is 4.59. The minimum atomic E-state index is -0.331. The van der Waals surface area contributed by atoms with E-state index in [0.29, 0.717) is 11.4 Å². The van der Waals surface area contributed by atoms with Gasteiger partial charge in [-0.1, -0.05) is 18.2 Å². The molecule has 2 heterocycles. The molecule has 29 heavy (non-hydrogen) atoms. The Hall–Kier alpha value is -4.13. The summed E-state index contributed by atoms with van der Waals surface area (Å²) >= 11 is 0. The third-order valence-corrected chi connectivity index (χ3v) is 4.19. The van der Waals surface area contributed by atoms with Crippen LogP contribution in [0.2, 0.25) is 0 Å². The maximum absolute atomic E-state index is 12.3. The van der Waals surface area contributed by atoms with Crippen LogP contribution in [-0.4, -0.2) is 21.6 Å². The summed E-state index contributed by atoms with van der Waals surface area (Å²) in [5.41, 5.74) is 3.00. The van der Waals surface area contributed by atoms with E-state index in [1.165, 1.54) is 6.26 Å². The first-order valence-corrected chi connectivity index (χ1v) is 9.01. The predicted molar refractivity (Wildman–Crippen MR) is 109 cm³/mol. The molecule has 144 valence electrons. The average molecular weight is 386 g/mol. The van der Waals surface area contributed by atoms with E-state index < -0.39 is 0 Å². The second-order valence-electron chi connectivity index (χ2n) is 6.36. The van der Waals surface area contributed by atoms with E-state index >= 15 is 0 Å². The quantitative estimate of drug-likeness (QED) is 0.526. The van der Waals surface area contributed by atoms with Crippen LogP contribution in [0.15, 0.2) is 89.8 Å². The molecule has 0 bridgehead atoms. The van der Waals surface area contributed by atoms with Gasteiger partial charge in [-0.2, -0.15) is 5.10 Å². The molecule has 7 nitrogen and oxygen atoms in total. The van der Waals surface area contributed by atoms with Crippen molar-refractivity contribution in [3.63, 3.8) is 0 Å². The molecule has 0 aliphatic rings. The number of anilines is 2. The first kappa shape index (κ1) is 18.2. The SMILES string of the molecule is O=C(Cc1cnn(-c2ccccc2)c1)Nc1ccc(NC(=O)c2ccco2)cc1. The number of carbonyl (C=O) groups is 2. The van der Waals surface area contributed by atoms with Crippen molar-refractivity contribution in [1.82, 2.24) is 9.78 Å². The van der Waals surface area contributed by atoms with Crippen molar-refractivity contribution in [3.8, 4) is 5.69 Å². The molecule has 0 fully saturated rings. The molecule has 0 saturated carbocycles. The monoisotopic (exact) mass is 386 g/mol. The lowest BCUT2D eigenvalue weighted by atomic mass is 10.2. The van der Waals surface area contributed by atoms with Gasteiger partial charge in [-0.05, 0) is 54.1 Å². The Morgan fingerprint density at radius 2 is 1.62 bits per heavy atom. The van der Waals surface area contributed by atoms with Gasteiger partial charge < -0.3 is 15.1 Å². The van der Waals surface area contributed by atoms with Gasteiger partial charge in [0.1, 0.15) is 0 Å². The van der Waals surface area contributed by atoms with Gasteiger partial charge in [0.05, 0.1) is 24.6 Å². The fourth-order valence-electron chi connectivity index (χ4n) is 2.80. The van der Waals surface area contributed by atoms with Crippen LogP contribution in [0.25, 0.3) is 5.69 Å². The van der Waals surface area contributed by atoms with Gasteiger partial charge in [0.2, 0.25) is 5.91 Å². The molecular weight excluding hydrogens is 368 g/mol. The van der Waals surface area contributed by atoms with Crippen LogP contribution in [-0.2, 0) is 11.2 Å². The van der Waals surface area contributed by atoms with E-state index in [1.54, 1.807) is 47.3 Å². The van der Waals surface area contributed by atoms with Crippen LogP contribution in [0.5, 0.6) is 0 Å². The average Bonchev–Trinajstić information content (AvgIpc) is 3.42. The molecule has 0 radical (unpaired) electrons. The van der Waals surface area contributed by atoms with E-state index in [9.17, 15) is 9.59 Å². The number of rotatable bonds is 6. The minimum absolute atomic E-state index is 0.148. The molecule has 0 aliphatic heterocycles. The van der Waals surface area contributed by atoms with E-state index in [2.05, 4.69) is 15.7 Å². The van der Waals surface area contributed by atoms with Gasteiger partial charge in [-0.15, -0.1) is 0 Å². The highest BCUT2D eigenvalue weighted by Crippen LogP contribution is 2.16. The minimum Gasteiger partial charge on any atom is -0.459 e.